The summed E-state index contributed by atoms with van der Waals surface area (Å²) in [4.78, 5) is 27.7. The van der Waals surface area contributed by atoms with Crippen molar-refractivity contribution in [3.63, 3.8) is 0 Å². The topological polar surface area (TPSA) is 102 Å². The van der Waals surface area contributed by atoms with Crippen LogP contribution < -0.4 is 0 Å². The molecule has 0 saturated carbocycles. The van der Waals surface area contributed by atoms with Gasteiger partial charge >= 0.3 is 5.97 Å². The number of carbonyl (C=O) groups is 2. The number of ether oxygens (including phenoxy) is 1. The Labute approximate surface area is 261 Å². The van der Waals surface area contributed by atoms with Crippen molar-refractivity contribution < 1.29 is 22.7 Å². The second-order valence-electron chi connectivity index (χ2n) is 10.9. The van der Waals surface area contributed by atoms with E-state index in [4.69, 9.17) is 22.1 Å². The maximum Gasteiger partial charge on any atom is 0.309 e. The lowest BCUT2D eigenvalue weighted by atomic mass is 9.98. The number of hydrogen-bond donors (Lipinski definition) is 0. The van der Waals surface area contributed by atoms with Gasteiger partial charge in [0.05, 0.1) is 28.0 Å². The van der Waals surface area contributed by atoms with E-state index < -0.39 is 10.0 Å². The second kappa shape index (κ2) is 13.1. The fourth-order valence-electron chi connectivity index (χ4n) is 5.14. The molecule has 0 aliphatic carbocycles. The smallest absolute Gasteiger partial charge is 0.309 e. The number of thioether (sulfide) groups is 1. The van der Waals surface area contributed by atoms with Gasteiger partial charge in [0, 0.05) is 37.0 Å². The summed E-state index contributed by atoms with van der Waals surface area (Å²) in [5.41, 5.74) is 2.62. The Balaban J connectivity index is 1.48. The molecule has 1 amide bonds. The highest BCUT2D eigenvalue weighted by Gasteiger charge is 2.34. The lowest BCUT2D eigenvalue weighted by Crippen LogP contribution is -2.40. The zero-order valence-corrected chi connectivity index (χ0v) is 26.8. The monoisotopic (exact) mass is 638 g/mol. The van der Waals surface area contributed by atoms with E-state index in [2.05, 4.69) is 0 Å². The first kappa shape index (κ1) is 31.1. The van der Waals surface area contributed by atoms with E-state index in [1.807, 2.05) is 56.4 Å². The molecule has 43 heavy (non-hydrogen) atoms. The number of esters is 1. The maximum absolute atomic E-state index is 13.7. The summed E-state index contributed by atoms with van der Waals surface area (Å²) in [5, 5.41) is 4.83. The summed E-state index contributed by atoms with van der Waals surface area (Å²) in [7, 11) is -3.82. The van der Waals surface area contributed by atoms with Gasteiger partial charge in [-0.3, -0.25) is 14.5 Å². The molecule has 3 aromatic rings. The molecule has 2 fully saturated rings. The number of sulfonamides is 1. The Morgan fingerprint density at radius 3 is 2.53 bits per heavy atom. The summed E-state index contributed by atoms with van der Waals surface area (Å²) in [6.45, 7) is 7.15. The van der Waals surface area contributed by atoms with E-state index in [-0.39, 0.29) is 41.7 Å². The van der Waals surface area contributed by atoms with Crippen molar-refractivity contribution in [1.29, 1.82) is 0 Å². The van der Waals surface area contributed by atoms with Crippen molar-refractivity contribution in [2.45, 2.75) is 38.5 Å². The fraction of sp³-hybridized carbons (Fsp3) is 0.355. The first-order valence-corrected chi connectivity index (χ1v) is 16.9. The Morgan fingerprint density at radius 2 is 1.86 bits per heavy atom. The lowest BCUT2D eigenvalue weighted by molar-refractivity contribution is -0.149. The van der Waals surface area contributed by atoms with Crippen LogP contribution in [0.15, 0.2) is 70.6 Å². The normalized spacial score (nSPS) is 17.8. The molecule has 2 aliphatic heterocycles. The number of carbonyl (C=O) groups excluding carboxylic acids is 2. The largest absolute Gasteiger partial charge is 0.466 e. The second-order valence-corrected chi connectivity index (χ2v) is 14.5. The number of amides is 1. The number of hydrogen-bond acceptors (Lipinski definition) is 8. The van der Waals surface area contributed by atoms with Crippen LogP contribution in [0.5, 0.6) is 0 Å². The number of nitrogens with zero attached hydrogens (tertiary/aromatic N) is 4. The fourth-order valence-corrected chi connectivity index (χ4v) is 7.92. The first-order chi connectivity index (χ1) is 20.6. The average molecular weight is 639 g/mol. The predicted octanol–water partition coefficient (Wildman–Crippen LogP) is 5.36. The molecule has 0 spiro atoms. The Bertz CT molecular complexity index is 1660. The number of thiocarbonyl (C=S) groups is 1. The molecular formula is C31H34N4O5S3. The minimum atomic E-state index is -3.82. The summed E-state index contributed by atoms with van der Waals surface area (Å²) >= 11 is 6.76. The molecule has 0 bridgehead atoms. The van der Waals surface area contributed by atoms with Crippen molar-refractivity contribution in [2.24, 2.45) is 11.8 Å². The molecule has 1 aromatic heterocycles. The molecule has 3 heterocycles. The molecule has 2 aliphatic rings. The van der Waals surface area contributed by atoms with Gasteiger partial charge in [-0.1, -0.05) is 68.2 Å². The predicted molar refractivity (Wildman–Crippen MR) is 172 cm³/mol. The van der Waals surface area contributed by atoms with Crippen LogP contribution in [0.2, 0.25) is 0 Å². The van der Waals surface area contributed by atoms with E-state index in [0.717, 1.165) is 5.69 Å². The van der Waals surface area contributed by atoms with Crippen LogP contribution in [0.1, 0.15) is 39.2 Å². The molecule has 5 rings (SSSR count). The molecular weight excluding hydrogens is 605 g/mol. The molecule has 0 unspecified atom stereocenters. The van der Waals surface area contributed by atoms with Gasteiger partial charge in [-0.2, -0.15) is 9.40 Å². The Kier molecular flexibility index (Phi) is 9.50. The quantitative estimate of drug-likeness (QED) is 0.175. The standard InChI is InChI=1S/C31H34N4O5S3/c1-4-40-30(37)22-13-15-33(16-14-22)43(38,39)26-12-8-9-23(17-26)28-24(20-35(32-28)25-10-6-5-7-11-25)18-27-29(36)34(19-21(2)3)31(41)42-27/h5-12,17-18,20-22H,4,13-16,19H2,1-3H3. The zero-order chi connectivity index (χ0) is 30.7. The van der Waals surface area contributed by atoms with Gasteiger partial charge in [0.1, 0.15) is 10.0 Å². The van der Waals surface area contributed by atoms with Crippen molar-refractivity contribution in [3.8, 4) is 16.9 Å². The van der Waals surface area contributed by atoms with Gasteiger partial charge < -0.3 is 4.74 Å². The summed E-state index contributed by atoms with van der Waals surface area (Å²) in [6, 6.07) is 16.3. The SMILES string of the molecule is CCOC(=O)C1CCN(S(=O)(=O)c2cccc(-c3nn(-c4ccccc4)cc3C=C3SC(=S)N(CC(C)C)C3=O)c2)CC1. The third kappa shape index (κ3) is 6.77. The number of aromatic nitrogens is 2. The first-order valence-electron chi connectivity index (χ1n) is 14.3. The van der Waals surface area contributed by atoms with Gasteiger partial charge in [-0.05, 0) is 56.0 Å². The zero-order valence-electron chi connectivity index (χ0n) is 24.3. The molecule has 226 valence electrons. The molecule has 2 saturated heterocycles. The summed E-state index contributed by atoms with van der Waals surface area (Å²) < 4.78 is 36.1. The molecule has 0 atom stereocenters. The van der Waals surface area contributed by atoms with Crippen molar-refractivity contribution in [1.82, 2.24) is 19.0 Å². The highest BCUT2D eigenvalue weighted by Crippen LogP contribution is 2.36. The van der Waals surface area contributed by atoms with Crippen LogP contribution in [0.4, 0.5) is 0 Å². The van der Waals surface area contributed by atoms with Crippen LogP contribution in [0.25, 0.3) is 23.0 Å². The Morgan fingerprint density at radius 1 is 1.14 bits per heavy atom. The third-order valence-electron chi connectivity index (χ3n) is 7.29. The van der Waals surface area contributed by atoms with Gasteiger partial charge in [-0.25, -0.2) is 13.1 Å². The third-order valence-corrected chi connectivity index (χ3v) is 10.6. The molecule has 9 nitrogen and oxygen atoms in total. The van der Waals surface area contributed by atoms with Crippen LogP contribution in [0, 0.1) is 11.8 Å². The van der Waals surface area contributed by atoms with E-state index in [0.29, 0.717) is 52.0 Å². The van der Waals surface area contributed by atoms with E-state index in [1.165, 1.54) is 16.1 Å². The van der Waals surface area contributed by atoms with Crippen molar-refractivity contribution >= 4 is 56.3 Å². The van der Waals surface area contributed by atoms with Crippen LogP contribution in [-0.2, 0) is 24.3 Å². The maximum atomic E-state index is 13.7. The van der Waals surface area contributed by atoms with Crippen LogP contribution in [-0.4, -0.2) is 69.8 Å². The van der Waals surface area contributed by atoms with E-state index in [9.17, 15) is 18.0 Å². The van der Waals surface area contributed by atoms with Gasteiger partial charge in [-0.15, -0.1) is 0 Å². The highest BCUT2D eigenvalue weighted by atomic mass is 32.2. The molecule has 0 N–H and O–H groups in total. The molecule has 12 heteroatoms. The van der Waals surface area contributed by atoms with Crippen molar-refractivity contribution in [2.75, 3.05) is 26.2 Å². The molecule has 2 aromatic carbocycles. The van der Waals surface area contributed by atoms with Crippen LogP contribution in [0.3, 0.4) is 0 Å². The van der Waals surface area contributed by atoms with Gasteiger partial charge in [0.15, 0.2) is 0 Å². The average Bonchev–Trinajstić information content (AvgIpc) is 3.54. The minimum Gasteiger partial charge on any atom is -0.466 e. The van der Waals surface area contributed by atoms with Gasteiger partial charge in [0.25, 0.3) is 5.91 Å². The number of rotatable bonds is 9. The highest BCUT2D eigenvalue weighted by molar-refractivity contribution is 8.26. The van der Waals surface area contributed by atoms with Crippen molar-refractivity contribution in [3.05, 3.63) is 71.3 Å². The summed E-state index contributed by atoms with van der Waals surface area (Å²) in [5.74, 6) is -0.455. The minimum absolute atomic E-state index is 0.142. The number of benzene rings is 2. The van der Waals surface area contributed by atoms with Crippen LogP contribution >= 0.6 is 24.0 Å². The summed E-state index contributed by atoms with van der Waals surface area (Å²) in [6.07, 6.45) is 4.44. The Hall–Kier alpha value is -3.32. The van der Waals surface area contributed by atoms with E-state index >= 15 is 0 Å². The van der Waals surface area contributed by atoms with Gasteiger partial charge in [0.2, 0.25) is 10.0 Å². The van der Waals surface area contributed by atoms with E-state index in [1.54, 1.807) is 40.8 Å². The number of piperidine rings is 1. The molecule has 0 radical (unpaired) electrons. The number of para-hydroxylation sites is 1. The lowest BCUT2D eigenvalue weighted by Gasteiger charge is -2.30.